The molecule has 0 aliphatic rings. The zero-order valence-electron chi connectivity index (χ0n) is 7.15. The highest BCUT2D eigenvalue weighted by atomic mass is 16.5. The molecule has 0 aromatic carbocycles. The SMILES string of the molecule is Cc1occc1-c1nc(CN)no1. The molecule has 0 saturated heterocycles. The van der Waals surface area contributed by atoms with Gasteiger partial charge in [0, 0.05) is 0 Å². The predicted octanol–water partition coefficient (Wildman–Crippen LogP) is 1.10. The molecule has 68 valence electrons. The molecule has 0 fully saturated rings. The minimum absolute atomic E-state index is 0.278. The smallest absolute Gasteiger partial charge is 0.261 e. The number of aryl methyl sites for hydroxylation is 1. The Morgan fingerprint density at radius 1 is 1.54 bits per heavy atom. The van der Waals surface area contributed by atoms with Gasteiger partial charge in [0.25, 0.3) is 5.89 Å². The van der Waals surface area contributed by atoms with Crippen LogP contribution >= 0.6 is 0 Å². The number of hydrogen-bond acceptors (Lipinski definition) is 5. The van der Waals surface area contributed by atoms with Crippen LogP contribution in [0.2, 0.25) is 0 Å². The molecule has 2 N–H and O–H groups in total. The fraction of sp³-hybridized carbons (Fsp3) is 0.250. The molecule has 0 aliphatic heterocycles. The molecule has 0 aliphatic carbocycles. The minimum Gasteiger partial charge on any atom is -0.469 e. The summed E-state index contributed by atoms with van der Waals surface area (Å²) in [4.78, 5) is 4.07. The lowest BCUT2D eigenvalue weighted by Gasteiger charge is -1.87. The third kappa shape index (κ3) is 1.33. The van der Waals surface area contributed by atoms with Crippen LogP contribution in [0, 0.1) is 6.92 Å². The van der Waals surface area contributed by atoms with E-state index in [4.69, 9.17) is 14.7 Å². The van der Waals surface area contributed by atoms with Gasteiger partial charge >= 0.3 is 0 Å². The molecule has 0 bridgehead atoms. The second-order valence-electron chi connectivity index (χ2n) is 2.61. The monoisotopic (exact) mass is 179 g/mol. The zero-order valence-corrected chi connectivity index (χ0v) is 7.15. The van der Waals surface area contributed by atoms with E-state index in [1.165, 1.54) is 0 Å². The topological polar surface area (TPSA) is 78.1 Å². The quantitative estimate of drug-likeness (QED) is 0.746. The Balaban J connectivity index is 2.41. The number of nitrogens with two attached hydrogens (primary N) is 1. The lowest BCUT2D eigenvalue weighted by atomic mass is 10.3. The van der Waals surface area contributed by atoms with Gasteiger partial charge in [-0.2, -0.15) is 4.98 Å². The Labute approximate surface area is 74.5 Å². The van der Waals surface area contributed by atoms with Crippen LogP contribution < -0.4 is 5.73 Å². The van der Waals surface area contributed by atoms with Gasteiger partial charge in [0.05, 0.1) is 18.4 Å². The second kappa shape index (κ2) is 3.02. The molecular formula is C8H9N3O2. The Morgan fingerprint density at radius 3 is 2.92 bits per heavy atom. The van der Waals surface area contributed by atoms with Crippen molar-refractivity contribution in [1.82, 2.24) is 10.1 Å². The van der Waals surface area contributed by atoms with E-state index in [0.29, 0.717) is 11.7 Å². The summed E-state index contributed by atoms with van der Waals surface area (Å²) in [6.45, 7) is 2.11. The average molecular weight is 179 g/mol. The highest BCUT2D eigenvalue weighted by molar-refractivity contribution is 5.54. The molecule has 0 unspecified atom stereocenters. The second-order valence-corrected chi connectivity index (χ2v) is 2.61. The Hall–Kier alpha value is -1.62. The van der Waals surface area contributed by atoms with E-state index < -0.39 is 0 Å². The third-order valence-electron chi connectivity index (χ3n) is 1.74. The third-order valence-corrected chi connectivity index (χ3v) is 1.74. The first kappa shape index (κ1) is 8.00. The number of furan rings is 1. The van der Waals surface area contributed by atoms with Gasteiger partial charge in [0.2, 0.25) is 0 Å². The summed E-state index contributed by atoms with van der Waals surface area (Å²) in [6.07, 6.45) is 1.58. The van der Waals surface area contributed by atoms with Gasteiger partial charge in [0.1, 0.15) is 5.76 Å². The molecule has 2 heterocycles. The van der Waals surface area contributed by atoms with Crippen molar-refractivity contribution in [3.05, 3.63) is 23.9 Å². The molecule has 0 atom stereocenters. The van der Waals surface area contributed by atoms with Gasteiger partial charge in [0.15, 0.2) is 5.82 Å². The van der Waals surface area contributed by atoms with E-state index in [9.17, 15) is 0 Å². The predicted molar refractivity (Wildman–Crippen MR) is 44.6 cm³/mol. The number of nitrogens with zero attached hydrogens (tertiary/aromatic N) is 2. The number of hydrogen-bond donors (Lipinski definition) is 1. The molecule has 0 saturated carbocycles. The van der Waals surface area contributed by atoms with Crippen LogP contribution in [0.3, 0.4) is 0 Å². The summed E-state index contributed by atoms with van der Waals surface area (Å²) in [5.74, 6) is 1.70. The molecule has 2 aromatic heterocycles. The molecule has 0 radical (unpaired) electrons. The molecule has 5 heteroatoms. The summed E-state index contributed by atoms with van der Waals surface area (Å²) in [7, 11) is 0. The first-order valence-corrected chi connectivity index (χ1v) is 3.88. The van der Waals surface area contributed by atoms with E-state index >= 15 is 0 Å². The van der Waals surface area contributed by atoms with Crippen LogP contribution in [-0.4, -0.2) is 10.1 Å². The standard InChI is InChI=1S/C8H9N3O2/c1-5-6(2-3-12-5)8-10-7(4-9)11-13-8/h2-3H,4,9H2,1H3. The Morgan fingerprint density at radius 2 is 2.38 bits per heavy atom. The summed E-state index contributed by atoms with van der Waals surface area (Å²) in [5.41, 5.74) is 6.16. The summed E-state index contributed by atoms with van der Waals surface area (Å²) in [5, 5.41) is 3.68. The van der Waals surface area contributed by atoms with E-state index in [-0.39, 0.29) is 6.54 Å². The van der Waals surface area contributed by atoms with E-state index in [0.717, 1.165) is 11.3 Å². The van der Waals surface area contributed by atoms with Crippen LogP contribution in [0.15, 0.2) is 21.3 Å². The van der Waals surface area contributed by atoms with Crippen molar-refractivity contribution in [2.24, 2.45) is 5.73 Å². The Bertz CT molecular complexity index is 405. The fourth-order valence-corrected chi connectivity index (χ4v) is 1.05. The van der Waals surface area contributed by atoms with Crippen LogP contribution in [0.1, 0.15) is 11.6 Å². The van der Waals surface area contributed by atoms with Gasteiger partial charge in [-0.1, -0.05) is 5.16 Å². The summed E-state index contributed by atoms with van der Waals surface area (Å²) < 4.78 is 10.1. The van der Waals surface area contributed by atoms with E-state index in [2.05, 4.69) is 10.1 Å². The van der Waals surface area contributed by atoms with Gasteiger partial charge in [-0.15, -0.1) is 0 Å². The van der Waals surface area contributed by atoms with Gasteiger partial charge < -0.3 is 14.7 Å². The maximum atomic E-state index is 5.35. The average Bonchev–Trinajstić information content (AvgIpc) is 2.71. The number of rotatable bonds is 2. The Kier molecular flexibility index (Phi) is 1.86. The number of aromatic nitrogens is 2. The lowest BCUT2D eigenvalue weighted by Crippen LogP contribution is -1.97. The molecule has 2 rings (SSSR count). The van der Waals surface area contributed by atoms with Gasteiger partial charge in [-0.25, -0.2) is 0 Å². The molecule has 0 spiro atoms. The van der Waals surface area contributed by atoms with Crippen LogP contribution in [0.4, 0.5) is 0 Å². The highest BCUT2D eigenvalue weighted by Crippen LogP contribution is 2.21. The van der Waals surface area contributed by atoms with Gasteiger partial charge in [-0.3, -0.25) is 0 Å². The van der Waals surface area contributed by atoms with Crippen molar-refractivity contribution >= 4 is 0 Å². The molecular weight excluding hydrogens is 170 g/mol. The minimum atomic E-state index is 0.278. The van der Waals surface area contributed by atoms with E-state index in [1.54, 1.807) is 12.3 Å². The lowest BCUT2D eigenvalue weighted by molar-refractivity contribution is 0.421. The molecule has 0 amide bonds. The van der Waals surface area contributed by atoms with Crippen molar-refractivity contribution in [2.45, 2.75) is 13.5 Å². The van der Waals surface area contributed by atoms with Gasteiger partial charge in [-0.05, 0) is 13.0 Å². The van der Waals surface area contributed by atoms with E-state index in [1.807, 2.05) is 6.92 Å². The highest BCUT2D eigenvalue weighted by Gasteiger charge is 2.11. The zero-order chi connectivity index (χ0) is 9.26. The van der Waals surface area contributed by atoms with Crippen LogP contribution in [0.25, 0.3) is 11.5 Å². The summed E-state index contributed by atoms with van der Waals surface area (Å²) in [6, 6.07) is 1.78. The largest absolute Gasteiger partial charge is 0.469 e. The van der Waals surface area contributed by atoms with Crippen LogP contribution in [0.5, 0.6) is 0 Å². The molecule has 13 heavy (non-hydrogen) atoms. The summed E-state index contributed by atoms with van der Waals surface area (Å²) >= 11 is 0. The van der Waals surface area contributed by atoms with Crippen molar-refractivity contribution in [2.75, 3.05) is 0 Å². The fourth-order valence-electron chi connectivity index (χ4n) is 1.05. The molecule has 5 nitrogen and oxygen atoms in total. The first-order valence-electron chi connectivity index (χ1n) is 3.88. The van der Waals surface area contributed by atoms with Crippen molar-refractivity contribution in [1.29, 1.82) is 0 Å². The maximum Gasteiger partial charge on any atom is 0.261 e. The molecule has 2 aromatic rings. The van der Waals surface area contributed by atoms with Crippen molar-refractivity contribution in [3.63, 3.8) is 0 Å². The maximum absolute atomic E-state index is 5.35. The van der Waals surface area contributed by atoms with Crippen molar-refractivity contribution in [3.8, 4) is 11.5 Å². The normalized spacial score (nSPS) is 10.6. The van der Waals surface area contributed by atoms with Crippen molar-refractivity contribution < 1.29 is 8.94 Å². The van der Waals surface area contributed by atoms with Crippen LogP contribution in [-0.2, 0) is 6.54 Å². The first-order chi connectivity index (χ1) is 6.31.